The third-order valence-corrected chi connectivity index (χ3v) is 1.43. The van der Waals surface area contributed by atoms with Gasteiger partial charge < -0.3 is 9.64 Å². The smallest absolute Gasteiger partial charge is 0.334 e. The van der Waals surface area contributed by atoms with Crippen LogP contribution >= 0.6 is 0 Å². The molecule has 0 aromatic heterocycles. The first-order chi connectivity index (χ1) is 6.22. The van der Waals surface area contributed by atoms with Crippen LogP contribution in [0, 0.1) is 5.41 Å². The fourth-order valence-electron chi connectivity index (χ4n) is 0.830. The van der Waals surface area contributed by atoms with E-state index in [1.165, 1.54) is 0 Å². The number of esters is 1. The predicted molar refractivity (Wildman–Crippen MR) is 58.1 cm³/mol. The van der Waals surface area contributed by atoms with Gasteiger partial charge in [0.1, 0.15) is 0 Å². The number of ether oxygens (including phenoxy) is 1. The molecule has 0 aliphatic carbocycles. The van der Waals surface area contributed by atoms with Gasteiger partial charge in [0, 0.05) is 12.1 Å². The molecule has 14 heavy (non-hydrogen) atoms. The molecule has 3 nitrogen and oxygen atoms in total. The average molecular weight is 199 g/mol. The summed E-state index contributed by atoms with van der Waals surface area (Å²) in [6, 6.07) is 0. The summed E-state index contributed by atoms with van der Waals surface area (Å²) in [6.45, 7) is 10.7. The van der Waals surface area contributed by atoms with Crippen molar-refractivity contribution in [2.75, 3.05) is 27.2 Å². The minimum atomic E-state index is -0.298. The molecule has 0 radical (unpaired) electrons. The summed E-state index contributed by atoms with van der Waals surface area (Å²) in [5, 5.41) is 0. The Labute approximate surface area is 86.7 Å². The van der Waals surface area contributed by atoms with Gasteiger partial charge in [-0.15, -0.1) is 0 Å². The molecule has 0 aliphatic heterocycles. The maximum Gasteiger partial charge on any atom is 0.334 e. The standard InChI is InChI=1S/C11H21NO2/c1-9(7-12(5)6)10(13)14-8-11(2,3)4/h1,7-8H2,2-6H3. The second-order valence-electron chi connectivity index (χ2n) is 4.98. The van der Waals surface area contributed by atoms with E-state index in [0.29, 0.717) is 18.7 Å². The molecular formula is C11H21NO2. The number of carbonyl (C=O) groups is 1. The zero-order valence-electron chi connectivity index (χ0n) is 9.89. The summed E-state index contributed by atoms with van der Waals surface area (Å²) >= 11 is 0. The highest BCUT2D eigenvalue weighted by Gasteiger charge is 2.15. The summed E-state index contributed by atoms with van der Waals surface area (Å²) < 4.78 is 5.10. The van der Waals surface area contributed by atoms with Crippen molar-refractivity contribution in [3.05, 3.63) is 12.2 Å². The van der Waals surface area contributed by atoms with Crippen LogP contribution in [0.1, 0.15) is 20.8 Å². The van der Waals surface area contributed by atoms with Crippen molar-refractivity contribution in [3.63, 3.8) is 0 Å². The first-order valence-electron chi connectivity index (χ1n) is 4.72. The van der Waals surface area contributed by atoms with Gasteiger partial charge >= 0.3 is 5.97 Å². The Morgan fingerprint density at radius 2 is 1.86 bits per heavy atom. The lowest BCUT2D eigenvalue weighted by molar-refractivity contribution is -0.141. The molecule has 0 saturated heterocycles. The SMILES string of the molecule is C=C(CN(C)C)C(=O)OCC(C)(C)C. The van der Waals surface area contributed by atoms with Crippen LogP contribution in [0.3, 0.4) is 0 Å². The topological polar surface area (TPSA) is 29.5 Å². The van der Waals surface area contributed by atoms with Gasteiger partial charge in [0.15, 0.2) is 0 Å². The third-order valence-electron chi connectivity index (χ3n) is 1.43. The van der Waals surface area contributed by atoms with Gasteiger partial charge in [-0.2, -0.15) is 0 Å². The number of likely N-dealkylation sites (N-methyl/N-ethyl adjacent to an activating group) is 1. The Kier molecular flexibility index (Phi) is 4.85. The monoisotopic (exact) mass is 199 g/mol. The van der Waals surface area contributed by atoms with E-state index < -0.39 is 0 Å². The Bertz CT molecular complexity index is 214. The molecule has 0 fully saturated rings. The Morgan fingerprint density at radius 1 is 1.36 bits per heavy atom. The minimum Gasteiger partial charge on any atom is -0.462 e. The number of hydrogen-bond acceptors (Lipinski definition) is 3. The van der Waals surface area contributed by atoms with Gasteiger partial charge in [-0.3, -0.25) is 0 Å². The van der Waals surface area contributed by atoms with Gasteiger partial charge in [0.2, 0.25) is 0 Å². The zero-order chi connectivity index (χ0) is 11.4. The third kappa shape index (κ3) is 6.66. The first kappa shape index (κ1) is 13.2. The van der Waals surface area contributed by atoms with Gasteiger partial charge in [0.05, 0.1) is 6.61 Å². The molecule has 0 rings (SSSR count). The summed E-state index contributed by atoms with van der Waals surface area (Å²) in [4.78, 5) is 13.3. The molecule has 0 amide bonds. The van der Waals surface area contributed by atoms with Crippen LogP contribution in [0.5, 0.6) is 0 Å². The van der Waals surface area contributed by atoms with Crippen LogP contribution < -0.4 is 0 Å². The summed E-state index contributed by atoms with van der Waals surface area (Å²) in [5.74, 6) is -0.298. The Morgan fingerprint density at radius 3 is 2.21 bits per heavy atom. The van der Waals surface area contributed by atoms with Gasteiger partial charge in [-0.25, -0.2) is 4.79 Å². The summed E-state index contributed by atoms with van der Waals surface area (Å²) in [6.07, 6.45) is 0. The van der Waals surface area contributed by atoms with Crippen molar-refractivity contribution >= 4 is 5.97 Å². The van der Waals surface area contributed by atoms with Crippen molar-refractivity contribution in [1.29, 1.82) is 0 Å². The minimum absolute atomic E-state index is 0.00799. The van der Waals surface area contributed by atoms with Crippen LogP contribution in [0.4, 0.5) is 0 Å². The average Bonchev–Trinajstić information content (AvgIpc) is 1.97. The second-order valence-corrected chi connectivity index (χ2v) is 4.98. The first-order valence-corrected chi connectivity index (χ1v) is 4.72. The lowest BCUT2D eigenvalue weighted by Crippen LogP contribution is -2.24. The molecular weight excluding hydrogens is 178 g/mol. The van der Waals surface area contributed by atoms with E-state index in [2.05, 4.69) is 6.58 Å². The molecule has 0 aromatic carbocycles. The number of rotatable bonds is 4. The lowest BCUT2D eigenvalue weighted by Gasteiger charge is -2.19. The van der Waals surface area contributed by atoms with Crippen molar-refractivity contribution in [1.82, 2.24) is 4.90 Å². The fraction of sp³-hybridized carbons (Fsp3) is 0.727. The molecule has 0 unspecified atom stereocenters. The van der Waals surface area contributed by atoms with Crippen LogP contribution in [0.2, 0.25) is 0 Å². The molecule has 0 saturated carbocycles. The molecule has 0 N–H and O–H groups in total. The van der Waals surface area contributed by atoms with E-state index in [0.717, 1.165) is 0 Å². The Hall–Kier alpha value is -0.830. The van der Waals surface area contributed by atoms with Crippen molar-refractivity contribution in [3.8, 4) is 0 Å². The van der Waals surface area contributed by atoms with Crippen molar-refractivity contribution in [2.45, 2.75) is 20.8 Å². The zero-order valence-corrected chi connectivity index (χ0v) is 9.89. The summed E-state index contributed by atoms with van der Waals surface area (Å²) in [7, 11) is 3.78. The number of hydrogen-bond donors (Lipinski definition) is 0. The molecule has 0 aromatic rings. The van der Waals surface area contributed by atoms with Gasteiger partial charge in [0.25, 0.3) is 0 Å². The van der Waals surface area contributed by atoms with E-state index in [-0.39, 0.29) is 11.4 Å². The lowest BCUT2D eigenvalue weighted by atomic mass is 9.99. The van der Waals surface area contributed by atoms with E-state index in [1.807, 2.05) is 39.8 Å². The molecule has 82 valence electrons. The largest absolute Gasteiger partial charge is 0.462 e. The van der Waals surface area contributed by atoms with Crippen LogP contribution in [-0.2, 0) is 9.53 Å². The molecule has 0 spiro atoms. The molecule has 3 heteroatoms. The van der Waals surface area contributed by atoms with Crippen LogP contribution in [0.25, 0.3) is 0 Å². The van der Waals surface area contributed by atoms with E-state index in [9.17, 15) is 4.79 Å². The second kappa shape index (κ2) is 5.15. The highest BCUT2D eigenvalue weighted by atomic mass is 16.5. The molecule has 0 atom stereocenters. The maximum absolute atomic E-state index is 11.4. The highest BCUT2D eigenvalue weighted by Crippen LogP contribution is 2.13. The summed E-state index contributed by atoms with van der Waals surface area (Å²) in [5.41, 5.74) is 0.507. The van der Waals surface area contributed by atoms with Crippen LogP contribution in [-0.4, -0.2) is 38.1 Å². The highest BCUT2D eigenvalue weighted by molar-refractivity contribution is 5.88. The van der Waals surface area contributed by atoms with E-state index in [4.69, 9.17) is 4.74 Å². The molecule has 0 heterocycles. The van der Waals surface area contributed by atoms with E-state index >= 15 is 0 Å². The van der Waals surface area contributed by atoms with Crippen molar-refractivity contribution < 1.29 is 9.53 Å². The van der Waals surface area contributed by atoms with Crippen molar-refractivity contribution in [2.24, 2.45) is 5.41 Å². The number of nitrogens with zero attached hydrogens (tertiary/aromatic N) is 1. The molecule has 0 bridgehead atoms. The van der Waals surface area contributed by atoms with Gasteiger partial charge in [-0.1, -0.05) is 27.4 Å². The predicted octanol–water partition coefficient (Wildman–Crippen LogP) is 1.69. The number of carbonyl (C=O) groups excluding carboxylic acids is 1. The fourth-order valence-corrected chi connectivity index (χ4v) is 0.830. The molecule has 0 aliphatic rings. The quantitative estimate of drug-likeness (QED) is 0.510. The normalized spacial score (nSPS) is 11.6. The van der Waals surface area contributed by atoms with E-state index in [1.54, 1.807) is 0 Å². The van der Waals surface area contributed by atoms with Crippen LogP contribution in [0.15, 0.2) is 12.2 Å². The maximum atomic E-state index is 11.4. The van der Waals surface area contributed by atoms with Gasteiger partial charge in [-0.05, 0) is 19.5 Å². The Balaban J connectivity index is 3.92.